The molecular weight excluding hydrogens is 272 g/mol. The van der Waals surface area contributed by atoms with E-state index in [1.165, 1.54) is 0 Å². The Morgan fingerprint density at radius 2 is 2.19 bits per heavy atom. The first kappa shape index (κ1) is 13.7. The van der Waals surface area contributed by atoms with Gasteiger partial charge in [-0.25, -0.2) is 4.79 Å². The summed E-state index contributed by atoms with van der Waals surface area (Å²) in [5.74, 6) is -0.298. The van der Waals surface area contributed by atoms with Gasteiger partial charge in [0.1, 0.15) is 12.2 Å². The molecule has 0 fully saturated rings. The molecule has 92 valence electrons. The quantitative estimate of drug-likeness (QED) is 0.455. The summed E-state index contributed by atoms with van der Waals surface area (Å²) in [5.41, 5.74) is -0.440. The summed E-state index contributed by atoms with van der Waals surface area (Å²) < 4.78 is 10.7. The van der Waals surface area contributed by atoms with Gasteiger partial charge in [-0.2, -0.15) is 0 Å². The fraction of sp³-hybridized carbons (Fsp3) is 0.750. The average Bonchev–Trinajstić information content (AvgIpc) is 2.12. The summed E-state index contributed by atoms with van der Waals surface area (Å²) in [4.78, 5) is 11.8. The number of rotatable bonds is 3. The molecular formula is C12H19BrO3. The molecule has 0 amide bonds. The lowest BCUT2D eigenvalue weighted by atomic mass is 10.0. The second-order valence-electron chi connectivity index (χ2n) is 4.94. The minimum atomic E-state index is -0.440. The molecule has 0 aromatic heterocycles. The Labute approximate surface area is 105 Å². The monoisotopic (exact) mass is 290 g/mol. The molecule has 4 heteroatoms. The SMILES string of the molecule is CC(C)(C)OC(=O)COC1CC=CC(Br)C1. The van der Waals surface area contributed by atoms with E-state index in [0.29, 0.717) is 4.83 Å². The maximum Gasteiger partial charge on any atom is 0.332 e. The fourth-order valence-electron chi connectivity index (χ4n) is 1.50. The standard InChI is InChI=1S/C12H19BrO3/c1-12(2,3)16-11(14)8-15-10-6-4-5-9(13)7-10/h4-5,9-10H,6-8H2,1-3H3. The molecule has 0 aromatic rings. The van der Waals surface area contributed by atoms with Gasteiger partial charge < -0.3 is 9.47 Å². The maximum absolute atomic E-state index is 11.4. The van der Waals surface area contributed by atoms with E-state index in [1.807, 2.05) is 20.8 Å². The molecule has 0 heterocycles. The molecule has 0 aromatic carbocycles. The summed E-state index contributed by atoms with van der Waals surface area (Å²) in [5, 5.41) is 0. The third-order valence-electron chi connectivity index (χ3n) is 2.09. The zero-order valence-electron chi connectivity index (χ0n) is 10.0. The molecule has 0 aliphatic heterocycles. The zero-order valence-corrected chi connectivity index (χ0v) is 11.6. The van der Waals surface area contributed by atoms with Gasteiger partial charge in [0.15, 0.2) is 0 Å². The lowest BCUT2D eigenvalue weighted by molar-refractivity contribution is -0.162. The number of halogens is 1. The Balaban J connectivity index is 2.24. The van der Waals surface area contributed by atoms with Crippen molar-refractivity contribution < 1.29 is 14.3 Å². The van der Waals surface area contributed by atoms with E-state index in [1.54, 1.807) is 0 Å². The topological polar surface area (TPSA) is 35.5 Å². The molecule has 16 heavy (non-hydrogen) atoms. The maximum atomic E-state index is 11.4. The molecule has 0 spiro atoms. The first-order valence-electron chi connectivity index (χ1n) is 5.51. The van der Waals surface area contributed by atoms with Crippen LogP contribution in [0.25, 0.3) is 0 Å². The summed E-state index contributed by atoms with van der Waals surface area (Å²) in [6, 6.07) is 0. The predicted molar refractivity (Wildman–Crippen MR) is 66.7 cm³/mol. The minimum absolute atomic E-state index is 0.0372. The summed E-state index contributed by atoms with van der Waals surface area (Å²) in [7, 11) is 0. The highest BCUT2D eigenvalue weighted by molar-refractivity contribution is 9.09. The Morgan fingerprint density at radius 3 is 2.75 bits per heavy atom. The van der Waals surface area contributed by atoms with Gasteiger partial charge in [-0.05, 0) is 33.6 Å². The molecule has 0 radical (unpaired) electrons. The summed E-state index contributed by atoms with van der Waals surface area (Å²) in [6.07, 6.45) is 6.06. The second-order valence-corrected chi connectivity index (χ2v) is 6.11. The minimum Gasteiger partial charge on any atom is -0.458 e. The van der Waals surface area contributed by atoms with E-state index < -0.39 is 5.60 Å². The van der Waals surface area contributed by atoms with Crippen molar-refractivity contribution in [3.63, 3.8) is 0 Å². The van der Waals surface area contributed by atoms with Gasteiger partial charge in [-0.1, -0.05) is 28.1 Å². The number of hydrogen-bond acceptors (Lipinski definition) is 3. The van der Waals surface area contributed by atoms with Crippen molar-refractivity contribution in [3.05, 3.63) is 12.2 Å². The van der Waals surface area contributed by atoms with E-state index in [-0.39, 0.29) is 18.7 Å². The van der Waals surface area contributed by atoms with Crippen LogP contribution >= 0.6 is 15.9 Å². The van der Waals surface area contributed by atoms with Crippen molar-refractivity contribution >= 4 is 21.9 Å². The van der Waals surface area contributed by atoms with Crippen molar-refractivity contribution in [1.82, 2.24) is 0 Å². The number of carbonyl (C=O) groups is 1. The Morgan fingerprint density at radius 1 is 1.50 bits per heavy atom. The van der Waals surface area contributed by atoms with Crippen LogP contribution < -0.4 is 0 Å². The Hall–Kier alpha value is -0.350. The molecule has 0 N–H and O–H groups in total. The molecule has 1 rings (SSSR count). The van der Waals surface area contributed by atoms with E-state index in [0.717, 1.165) is 12.8 Å². The number of allylic oxidation sites excluding steroid dienone is 1. The smallest absolute Gasteiger partial charge is 0.332 e. The van der Waals surface area contributed by atoms with Crippen LogP contribution in [0.3, 0.4) is 0 Å². The Bertz CT molecular complexity index is 268. The largest absolute Gasteiger partial charge is 0.458 e. The van der Waals surface area contributed by atoms with Gasteiger partial charge in [0.05, 0.1) is 6.10 Å². The van der Waals surface area contributed by atoms with Crippen LogP contribution in [0, 0.1) is 0 Å². The lowest BCUT2D eigenvalue weighted by Crippen LogP contribution is -2.29. The van der Waals surface area contributed by atoms with Gasteiger partial charge in [-0.15, -0.1) is 0 Å². The highest BCUT2D eigenvalue weighted by Gasteiger charge is 2.20. The van der Waals surface area contributed by atoms with Crippen molar-refractivity contribution in [1.29, 1.82) is 0 Å². The first-order valence-corrected chi connectivity index (χ1v) is 6.42. The van der Waals surface area contributed by atoms with Crippen LogP contribution in [0.4, 0.5) is 0 Å². The number of ether oxygens (including phenoxy) is 2. The fourth-order valence-corrected chi connectivity index (χ4v) is 2.13. The number of hydrogen-bond donors (Lipinski definition) is 0. The molecule has 1 aliphatic carbocycles. The summed E-state index contributed by atoms with van der Waals surface area (Å²) >= 11 is 3.50. The van der Waals surface area contributed by atoms with Gasteiger partial charge in [0, 0.05) is 4.83 Å². The highest BCUT2D eigenvalue weighted by Crippen LogP contribution is 2.20. The number of esters is 1. The predicted octanol–water partition coefficient (Wildman–Crippen LogP) is 2.83. The van der Waals surface area contributed by atoms with E-state index in [2.05, 4.69) is 28.1 Å². The van der Waals surface area contributed by atoms with Crippen LogP contribution in [0.1, 0.15) is 33.6 Å². The van der Waals surface area contributed by atoms with Crippen molar-refractivity contribution in [2.45, 2.75) is 50.1 Å². The molecule has 0 saturated carbocycles. The van der Waals surface area contributed by atoms with E-state index in [9.17, 15) is 4.79 Å². The first-order chi connectivity index (χ1) is 7.37. The third kappa shape index (κ3) is 5.66. The molecule has 1 aliphatic rings. The van der Waals surface area contributed by atoms with Gasteiger partial charge >= 0.3 is 5.97 Å². The van der Waals surface area contributed by atoms with Crippen LogP contribution in [-0.4, -0.2) is 29.1 Å². The van der Waals surface area contributed by atoms with E-state index >= 15 is 0 Å². The average molecular weight is 291 g/mol. The highest BCUT2D eigenvalue weighted by atomic mass is 79.9. The van der Waals surface area contributed by atoms with Crippen LogP contribution in [0.5, 0.6) is 0 Å². The lowest BCUT2D eigenvalue weighted by Gasteiger charge is -2.23. The normalized spacial score (nSPS) is 25.5. The number of carbonyl (C=O) groups excluding carboxylic acids is 1. The molecule has 2 unspecified atom stereocenters. The van der Waals surface area contributed by atoms with Crippen molar-refractivity contribution in [2.24, 2.45) is 0 Å². The zero-order chi connectivity index (χ0) is 12.2. The Kier molecular flexibility index (Phi) is 4.99. The van der Waals surface area contributed by atoms with E-state index in [4.69, 9.17) is 9.47 Å². The van der Waals surface area contributed by atoms with Crippen molar-refractivity contribution in [2.75, 3.05) is 6.61 Å². The number of alkyl halides is 1. The van der Waals surface area contributed by atoms with Crippen LogP contribution in [0.2, 0.25) is 0 Å². The second kappa shape index (κ2) is 5.82. The van der Waals surface area contributed by atoms with Gasteiger partial charge in [-0.3, -0.25) is 0 Å². The molecule has 2 atom stereocenters. The third-order valence-corrected chi connectivity index (χ3v) is 2.77. The van der Waals surface area contributed by atoms with Crippen LogP contribution in [0.15, 0.2) is 12.2 Å². The molecule has 3 nitrogen and oxygen atoms in total. The van der Waals surface area contributed by atoms with Gasteiger partial charge in [0.2, 0.25) is 0 Å². The van der Waals surface area contributed by atoms with Crippen LogP contribution in [-0.2, 0) is 14.3 Å². The molecule has 0 saturated heterocycles. The van der Waals surface area contributed by atoms with Crippen molar-refractivity contribution in [3.8, 4) is 0 Å². The van der Waals surface area contributed by atoms with Gasteiger partial charge in [0.25, 0.3) is 0 Å². The summed E-state index contributed by atoms with van der Waals surface area (Å²) in [6.45, 7) is 5.59. The molecule has 0 bridgehead atoms.